The molecule has 26 heavy (non-hydrogen) atoms. The van der Waals surface area contributed by atoms with E-state index in [1.165, 1.54) is 15.6 Å². The molecule has 0 unspecified atom stereocenters. The Morgan fingerprint density at radius 3 is 2.19 bits per heavy atom. The Kier molecular flexibility index (Phi) is 5.97. The third-order valence-corrected chi connectivity index (χ3v) is 12.4. The molecule has 0 N–H and O–H groups in total. The first kappa shape index (κ1) is 18.9. The van der Waals surface area contributed by atoms with E-state index in [-0.39, 0.29) is 5.91 Å². The first-order chi connectivity index (χ1) is 12.4. The van der Waals surface area contributed by atoms with E-state index in [1.807, 2.05) is 23.1 Å². The molecule has 0 atom stereocenters. The fourth-order valence-corrected chi connectivity index (χ4v) is 8.64. The molecule has 0 aliphatic carbocycles. The van der Waals surface area contributed by atoms with Gasteiger partial charge in [0.2, 0.25) is 0 Å². The topological polar surface area (TPSA) is 20.3 Å². The molecule has 2 aromatic rings. The number of benzene rings is 2. The SMILES string of the molecule is C[Si](C)(C)/C([Se]c1ccccc1)=C1\C=CC(=O)N(Cc2ccccc2)C1. The summed E-state index contributed by atoms with van der Waals surface area (Å²) >= 11 is 0.310. The van der Waals surface area contributed by atoms with Gasteiger partial charge in [0.1, 0.15) is 0 Å². The molecule has 2 aromatic carbocycles. The van der Waals surface area contributed by atoms with Gasteiger partial charge in [0.05, 0.1) is 0 Å². The molecule has 1 heterocycles. The van der Waals surface area contributed by atoms with Crippen LogP contribution in [0.25, 0.3) is 0 Å². The quantitative estimate of drug-likeness (QED) is 0.667. The molecule has 0 bridgehead atoms. The van der Waals surface area contributed by atoms with Crippen molar-refractivity contribution >= 4 is 33.4 Å². The van der Waals surface area contributed by atoms with Gasteiger partial charge in [0, 0.05) is 0 Å². The maximum absolute atomic E-state index is 12.4. The summed E-state index contributed by atoms with van der Waals surface area (Å²) in [7, 11) is -1.48. The Morgan fingerprint density at radius 1 is 0.962 bits per heavy atom. The van der Waals surface area contributed by atoms with Crippen molar-refractivity contribution in [2.75, 3.05) is 6.54 Å². The summed E-state index contributed by atoms with van der Waals surface area (Å²) in [6, 6.07) is 21.0. The summed E-state index contributed by atoms with van der Waals surface area (Å²) < 4.78 is 3.00. The van der Waals surface area contributed by atoms with Crippen LogP contribution in [0.2, 0.25) is 19.6 Å². The second kappa shape index (κ2) is 8.21. The van der Waals surface area contributed by atoms with Gasteiger partial charge in [-0.25, -0.2) is 0 Å². The van der Waals surface area contributed by atoms with E-state index in [0.29, 0.717) is 21.5 Å². The van der Waals surface area contributed by atoms with E-state index >= 15 is 0 Å². The molecule has 0 saturated heterocycles. The third kappa shape index (κ3) is 4.85. The van der Waals surface area contributed by atoms with Gasteiger partial charge in [0.25, 0.3) is 0 Å². The van der Waals surface area contributed by atoms with Crippen LogP contribution in [0.4, 0.5) is 0 Å². The fourth-order valence-electron chi connectivity index (χ4n) is 3.01. The minimum absolute atomic E-state index is 0.111. The van der Waals surface area contributed by atoms with Crippen LogP contribution in [0.3, 0.4) is 0 Å². The molecular formula is C22H25NOSeSi. The molecular weight excluding hydrogens is 401 g/mol. The molecule has 0 saturated carbocycles. The van der Waals surface area contributed by atoms with E-state index in [1.54, 1.807) is 10.2 Å². The van der Waals surface area contributed by atoms with Crippen LogP contribution in [0.1, 0.15) is 5.56 Å². The van der Waals surface area contributed by atoms with Crippen molar-refractivity contribution in [3.05, 3.63) is 88.0 Å². The number of hydrogen-bond acceptors (Lipinski definition) is 1. The van der Waals surface area contributed by atoms with Crippen molar-refractivity contribution in [2.45, 2.75) is 26.2 Å². The Balaban J connectivity index is 1.90. The minimum atomic E-state index is -1.48. The van der Waals surface area contributed by atoms with Crippen molar-refractivity contribution in [1.29, 1.82) is 0 Å². The Hall–Kier alpha value is -1.87. The van der Waals surface area contributed by atoms with Crippen LogP contribution < -0.4 is 4.46 Å². The van der Waals surface area contributed by atoms with E-state index in [0.717, 1.165) is 6.54 Å². The Morgan fingerprint density at radius 2 is 1.58 bits per heavy atom. The van der Waals surface area contributed by atoms with Crippen LogP contribution in [-0.4, -0.2) is 40.4 Å². The first-order valence-corrected chi connectivity index (χ1v) is 14.1. The van der Waals surface area contributed by atoms with Crippen LogP contribution >= 0.6 is 0 Å². The van der Waals surface area contributed by atoms with E-state index < -0.39 is 8.07 Å². The van der Waals surface area contributed by atoms with Crippen molar-refractivity contribution in [2.24, 2.45) is 0 Å². The van der Waals surface area contributed by atoms with Crippen LogP contribution in [-0.2, 0) is 11.3 Å². The Labute approximate surface area is 163 Å². The van der Waals surface area contributed by atoms with Gasteiger partial charge in [-0.3, -0.25) is 0 Å². The van der Waals surface area contributed by atoms with E-state index in [4.69, 9.17) is 0 Å². The average molecular weight is 426 g/mol. The predicted molar refractivity (Wildman–Crippen MR) is 113 cm³/mol. The molecule has 1 aliphatic rings. The molecule has 0 fully saturated rings. The number of nitrogens with zero attached hydrogens (tertiary/aromatic N) is 1. The van der Waals surface area contributed by atoms with Crippen LogP contribution in [0.5, 0.6) is 0 Å². The van der Waals surface area contributed by atoms with Gasteiger partial charge in [-0.1, -0.05) is 0 Å². The zero-order chi connectivity index (χ0) is 18.6. The Bertz CT molecular complexity index is 822. The second-order valence-corrected chi connectivity index (χ2v) is 15.6. The fraction of sp³-hybridized carbons (Fsp3) is 0.227. The summed E-state index contributed by atoms with van der Waals surface area (Å²) in [6.45, 7) is 8.62. The molecule has 1 aliphatic heterocycles. The molecule has 134 valence electrons. The predicted octanol–water partition coefficient (Wildman–Crippen LogP) is 3.75. The number of rotatable bonds is 5. The number of amides is 1. The molecule has 0 aromatic heterocycles. The molecule has 3 rings (SSSR count). The first-order valence-electron chi connectivity index (χ1n) is 8.91. The molecule has 1 amide bonds. The summed E-state index contributed by atoms with van der Waals surface area (Å²) in [4.78, 5) is 14.4. The van der Waals surface area contributed by atoms with Gasteiger partial charge < -0.3 is 0 Å². The van der Waals surface area contributed by atoms with Crippen molar-refractivity contribution in [1.82, 2.24) is 4.90 Å². The molecule has 2 nitrogen and oxygen atoms in total. The van der Waals surface area contributed by atoms with E-state index in [9.17, 15) is 4.79 Å². The zero-order valence-corrected chi connectivity index (χ0v) is 18.3. The monoisotopic (exact) mass is 427 g/mol. The molecule has 0 radical (unpaired) electrons. The number of hydrogen-bond donors (Lipinski definition) is 0. The summed E-state index contributed by atoms with van der Waals surface area (Å²) in [5.74, 6) is 0.111. The van der Waals surface area contributed by atoms with Crippen LogP contribution in [0.15, 0.2) is 82.5 Å². The standard InChI is InChI=1S/C22H25NOSeSi/c1-26(2,3)22(25-20-12-8-5-9-13-20)19-14-15-21(24)23(17-19)16-18-10-6-4-7-11-18/h4-15H,16-17H2,1-3H3/b22-19+. The average Bonchev–Trinajstić information content (AvgIpc) is 2.63. The van der Waals surface area contributed by atoms with Gasteiger partial charge in [-0.15, -0.1) is 0 Å². The van der Waals surface area contributed by atoms with Crippen molar-refractivity contribution in [3.8, 4) is 0 Å². The maximum atomic E-state index is 12.4. The third-order valence-electron chi connectivity index (χ3n) is 4.25. The van der Waals surface area contributed by atoms with Gasteiger partial charge in [-0.05, 0) is 0 Å². The van der Waals surface area contributed by atoms with Gasteiger partial charge >= 0.3 is 164 Å². The number of carbonyl (C=O) groups excluding carboxylic acids is 1. The summed E-state index contributed by atoms with van der Waals surface area (Å²) in [5.41, 5.74) is 2.53. The van der Waals surface area contributed by atoms with E-state index in [2.05, 4.69) is 68.2 Å². The van der Waals surface area contributed by atoms with Crippen molar-refractivity contribution in [3.63, 3.8) is 0 Å². The zero-order valence-electron chi connectivity index (χ0n) is 15.6. The van der Waals surface area contributed by atoms with Crippen molar-refractivity contribution < 1.29 is 4.79 Å². The van der Waals surface area contributed by atoms with Gasteiger partial charge in [-0.2, -0.15) is 0 Å². The van der Waals surface area contributed by atoms with Gasteiger partial charge in [0.15, 0.2) is 0 Å². The summed E-state index contributed by atoms with van der Waals surface area (Å²) in [6.07, 6.45) is 3.82. The number of carbonyl (C=O) groups is 1. The normalized spacial score (nSPS) is 16.7. The molecule has 4 heteroatoms. The second-order valence-electron chi connectivity index (χ2n) is 7.53. The molecule has 0 spiro atoms. The summed E-state index contributed by atoms with van der Waals surface area (Å²) in [5, 5.41) is 0. The van der Waals surface area contributed by atoms with Crippen LogP contribution in [0, 0.1) is 0 Å².